The van der Waals surface area contributed by atoms with Crippen molar-refractivity contribution in [2.45, 2.75) is 57.5 Å². The number of halogens is 1. The van der Waals surface area contributed by atoms with Crippen LogP contribution in [-0.2, 0) is 4.79 Å². The molecule has 3 atom stereocenters. The number of piperidine rings is 1. The van der Waals surface area contributed by atoms with Crippen LogP contribution < -0.4 is 5.43 Å². The Balaban J connectivity index is 2.52. The van der Waals surface area contributed by atoms with Crippen molar-refractivity contribution < 1.29 is 4.79 Å². The minimum atomic E-state index is -0.462. The van der Waals surface area contributed by atoms with Gasteiger partial charge in [0.1, 0.15) is 5.38 Å². The third-order valence-electron chi connectivity index (χ3n) is 2.79. The molecule has 0 bridgehead atoms. The van der Waals surface area contributed by atoms with Gasteiger partial charge >= 0.3 is 0 Å². The van der Waals surface area contributed by atoms with Crippen LogP contribution in [0.15, 0.2) is 0 Å². The average molecular weight is 219 g/mol. The highest BCUT2D eigenvalue weighted by Crippen LogP contribution is 2.20. The van der Waals surface area contributed by atoms with Gasteiger partial charge in [-0.25, -0.2) is 5.01 Å². The Hall–Kier alpha value is -0.280. The van der Waals surface area contributed by atoms with Crippen LogP contribution in [-0.4, -0.2) is 28.4 Å². The summed E-state index contributed by atoms with van der Waals surface area (Å²) in [5, 5.41) is 1.57. The molecule has 3 unspecified atom stereocenters. The first kappa shape index (κ1) is 11.8. The Bertz CT molecular complexity index is 198. The van der Waals surface area contributed by atoms with E-state index in [0.29, 0.717) is 12.1 Å². The molecule has 1 amide bonds. The van der Waals surface area contributed by atoms with E-state index in [4.69, 9.17) is 11.6 Å². The van der Waals surface area contributed by atoms with Gasteiger partial charge in [-0.15, -0.1) is 11.6 Å². The quantitative estimate of drug-likeness (QED) is 0.719. The molecule has 1 heterocycles. The SMILES string of the molecule is CC(Cl)C(=O)NN1C(C)CCCC1C. The van der Waals surface area contributed by atoms with Crippen molar-refractivity contribution in [3.05, 3.63) is 0 Å². The Kier molecular flexibility index (Phi) is 4.20. The Morgan fingerprint density at radius 2 is 1.93 bits per heavy atom. The first-order valence-corrected chi connectivity index (χ1v) is 5.69. The maximum absolute atomic E-state index is 11.4. The zero-order chi connectivity index (χ0) is 10.7. The third-order valence-corrected chi connectivity index (χ3v) is 2.99. The highest BCUT2D eigenvalue weighted by molar-refractivity contribution is 6.30. The molecule has 3 nitrogen and oxygen atoms in total. The first-order chi connectivity index (χ1) is 6.52. The van der Waals surface area contributed by atoms with E-state index in [1.54, 1.807) is 6.92 Å². The molecule has 0 spiro atoms. The number of hydrogen-bond acceptors (Lipinski definition) is 2. The average Bonchev–Trinajstić information content (AvgIpc) is 2.11. The lowest BCUT2D eigenvalue weighted by molar-refractivity contribution is -0.128. The number of carbonyl (C=O) groups is 1. The number of alkyl halides is 1. The highest BCUT2D eigenvalue weighted by atomic mass is 35.5. The van der Waals surface area contributed by atoms with Crippen molar-refractivity contribution >= 4 is 17.5 Å². The van der Waals surface area contributed by atoms with Gasteiger partial charge in [-0.1, -0.05) is 6.42 Å². The summed E-state index contributed by atoms with van der Waals surface area (Å²) in [7, 11) is 0. The Morgan fingerprint density at radius 1 is 1.43 bits per heavy atom. The zero-order valence-electron chi connectivity index (χ0n) is 9.09. The van der Waals surface area contributed by atoms with Gasteiger partial charge in [0.05, 0.1) is 0 Å². The van der Waals surface area contributed by atoms with Crippen molar-refractivity contribution in [1.82, 2.24) is 10.4 Å². The van der Waals surface area contributed by atoms with Crippen LogP contribution in [0.25, 0.3) is 0 Å². The lowest BCUT2D eigenvalue weighted by atomic mass is 10.00. The van der Waals surface area contributed by atoms with Gasteiger partial charge in [0.25, 0.3) is 5.91 Å². The fourth-order valence-corrected chi connectivity index (χ4v) is 1.91. The predicted molar refractivity (Wildman–Crippen MR) is 58.1 cm³/mol. The zero-order valence-corrected chi connectivity index (χ0v) is 9.84. The molecule has 1 aliphatic rings. The number of rotatable bonds is 2. The second kappa shape index (κ2) is 4.99. The molecule has 0 aromatic rings. The summed E-state index contributed by atoms with van der Waals surface area (Å²) in [5.74, 6) is -0.104. The van der Waals surface area contributed by atoms with E-state index in [1.807, 2.05) is 5.01 Å². The summed E-state index contributed by atoms with van der Waals surface area (Å²) in [6.45, 7) is 5.96. The third kappa shape index (κ3) is 2.85. The van der Waals surface area contributed by atoms with Gasteiger partial charge in [-0.2, -0.15) is 0 Å². The summed E-state index contributed by atoms with van der Waals surface area (Å²) in [5.41, 5.74) is 2.88. The molecule has 0 aromatic carbocycles. The number of amides is 1. The number of carbonyl (C=O) groups excluding carboxylic acids is 1. The molecular weight excluding hydrogens is 200 g/mol. The molecule has 1 fully saturated rings. The van der Waals surface area contributed by atoms with Gasteiger partial charge in [-0.05, 0) is 33.6 Å². The second-order valence-electron chi connectivity index (χ2n) is 4.13. The molecular formula is C10H19ClN2O. The molecule has 82 valence electrons. The van der Waals surface area contributed by atoms with E-state index < -0.39 is 5.38 Å². The van der Waals surface area contributed by atoms with Crippen molar-refractivity contribution in [2.24, 2.45) is 0 Å². The molecule has 4 heteroatoms. The molecule has 0 aromatic heterocycles. The molecule has 14 heavy (non-hydrogen) atoms. The fraction of sp³-hybridized carbons (Fsp3) is 0.900. The van der Waals surface area contributed by atoms with Crippen molar-refractivity contribution in [1.29, 1.82) is 0 Å². The van der Waals surface area contributed by atoms with Gasteiger partial charge in [0.2, 0.25) is 0 Å². The molecule has 1 saturated heterocycles. The maximum atomic E-state index is 11.4. The monoisotopic (exact) mass is 218 g/mol. The summed E-state index contributed by atoms with van der Waals surface area (Å²) >= 11 is 5.70. The molecule has 0 aliphatic carbocycles. The van der Waals surface area contributed by atoms with Crippen LogP contribution in [0.1, 0.15) is 40.0 Å². The standard InChI is InChI=1S/C10H19ClN2O/c1-7-5-4-6-8(2)13(7)12-10(14)9(3)11/h7-9H,4-6H2,1-3H3,(H,12,14). The van der Waals surface area contributed by atoms with Gasteiger partial charge < -0.3 is 0 Å². The number of hydrogen-bond donors (Lipinski definition) is 1. The topological polar surface area (TPSA) is 32.3 Å². The molecule has 0 radical (unpaired) electrons. The van der Waals surface area contributed by atoms with E-state index in [1.165, 1.54) is 6.42 Å². The van der Waals surface area contributed by atoms with E-state index >= 15 is 0 Å². The van der Waals surface area contributed by atoms with Gasteiger partial charge in [0, 0.05) is 12.1 Å². The van der Waals surface area contributed by atoms with Crippen LogP contribution in [0, 0.1) is 0 Å². The molecule has 0 saturated carbocycles. The minimum absolute atomic E-state index is 0.104. The summed E-state index contributed by atoms with van der Waals surface area (Å²) in [4.78, 5) is 11.4. The lowest BCUT2D eigenvalue weighted by Gasteiger charge is -2.38. The number of hydrazine groups is 1. The maximum Gasteiger partial charge on any atom is 0.252 e. The Morgan fingerprint density at radius 3 is 2.36 bits per heavy atom. The molecule has 1 rings (SSSR count). The Labute approximate surface area is 90.8 Å². The smallest absolute Gasteiger partial charge is 0.252 e. The minimum Gasteiger partial charge on any atom is -0.287 e. The van der Waals surface area contributed by atoms with Crippen molar-refractivity contribution in [2.75, 3.05) is 0 Å². The van der Waals surface area contributed by atoms with Crippen LogP contribution in [0.5, 0.6) is 0 Å². The van der Waals surface area contributed by atoms with E-state index in [9.17, 15) is 4.79 Å². The summed E-state index contributed by atoms with van der Waals surface area (Å²) in [6, 6.07) is 0.830. The van der Waals surface area contributed by atoms with E-state index in [-0.39, 0.29) is 5.91 Å². The normalized spacial score (nSPS) is 31.1. The second-order valence-corrected chi connectivity index (χ2v) is 4.78. The van der Waals surface area contributed by atoms with Gasteiger partial charge in [-0.3, -0.25) is 10.2 Å². The molecule has 1 N–H and O–H groups in total. The fourth-order valence-electron chi connectivity index (χ4n) is 1.86. The summed E-state index contributed by atoms with van der Waals surface area (Å²) < 4.78 is 0. The largest absolute Gasteiger partial charge is 0.287 e. The number of nitrogens with zero attached hydrogens (tertiary/aromatic N) is 1. The molecule has 1 aliphatic heterocycles. The van der Waals surface area contributed by atoms with Crippen LogP contribution in [0.2, 0.25) is 0 Å². The van der Waals surface area contributed by atoms with Crippen LogP contribution in [0.4, 0.5) is 0 Å². The van der Waals surface area contributed by atoms with Crippen molar-refractivity contribution in [3.8, 4) is 0 Å². The lowest BCUT2D eigenvalue weighted by Crippen LogP contribution is -2.55. The van der Waals surface area contributed by atoms with E-state index in [0.717, 1.165) is 12.8 Å². The van der Waals surface area contributed by atoms with Gasteiger partial charge in [0.15, 0.2) is 0 Å². The summed E-state index contributed by atoms with van der Waals surface area (Å²) in [6.07, 6.45) is 3.52. The number of nitrogens with one attached hydrogen (secondary N) is 1. The predicted octanol–water partition coefficient (Wildman–Crippen LogP) is 1.91. The highest BCUT2D eigenvalue weighted by Gasteiger charge is 2.26. The van der Waals surface area contributed by atoms with E-state index in [2.05, 4.69) is 19.3 Å². The first-order valence-electron chi connectivity index (χ1n) is 5.25. The van der Waals surface area contributed by atoms with Crippen LogP contribution in [0.3, 0.4) is 0 Å². The van der Waals surface area contributed by atoms with Crippen molar-refractivity contribution in [3.63, 3.8) is 0 Å². The van der Waals surface area contributed by atoms with Crippen LogP contribution >= 0.6 is 11.6 Å².